The van der Waals surface area contributed by atoms with Crippen LogP contribution in [0.2, 0.25) is 0 Å². The number of anilines is 2. The summed E-state index contributed by atoms with van der Waals surface area (Å²) >= 11 is 0. The summed E-state index contributed by atoms with van der Waals surface area (Å²) < 4.78 is 5.07. The van der Waals surface area contributed by atoms with E-state index in [1.807, 2.05) is 30.3 Å². The number of nitrogens with zero attached hydrogens (tertiary/aromatic N) is 2. The first-order valence-electron chi connectivity index (χ1n) is 10.1. The van der Waals surface area contributed by atoms with Crippen LogP contribution in [0.15, 0.2) is 48.7 Å². The van der Waals surface area contributed by atoms with Gasteiger partial charge in [-0.15, -0.1) is 0 Å². The van der Waals surface area contributed by atoms with Crippen molar-refractivity contribution in [3.05, 3.63) is 54.2 Å². The molecule has 2 heterocycles. The molecule has 2 N–H and O–H groups in total. The standard InChI is InChI=1S/C22H26N4O4/c1-3-30-22(29)18-12-8-14-26(18)21(28)15(2)24-20(27)17-11-7-13-23-19(17)25-16-9-5-4-6-10-16/h4-7,9-11,13,15,18H,3,8,12,14H2,1-2H3,(H,23,25)(H,24,27)/t15-,18-/m0/s1. The molecule has 0 unspecified atom stereocenters. The lowest BCUT2D eigenvalue weighted by molar-refractivity contribution is -0.153. The molecule has 3 rings (SSSR count). The molecular weight excluding hydrogens is 384 g/mol. The summed E-state index contributed by atoms with van der Waals surface area (Å²) in [5.41, 5.74) is 1.12. The van der Waals surface area contributed by atoms with E-state index in [9.17, 15) is 14.4 Å². The maximum atomic E-state index is 12.9. The zero-order valence-corrected chi connectivity index (χ0v) is 17.1. The number of likely N-dealkylation sites (tertiary alicyclic amines) is 1. The van der Waals surface area contributed by atoms with Gasteiger partial charge in [0.05, 0.1) is 12.2 Å². The van der Waals surface area contributed by atoms with E-state index in [4.69, 9.17) is 4.74 Å². The number of amides is 2. The molecule has 8 heteroatoms. The lowest BCUT2D eigenvalue weighted by Gasteiger charge is -2.26. The summed E-state index contributed by atoms with van der Waals surface area (Å²) in [6.07, 6.45) is 2.88. The molecular formula is C22H26N4O4. The number of pyridine rings is 1. The molecule has 30 heavy (non-hydrogen) atoms. The number of carbonyl (C=O) groups is 3. The number of rotatable bonds is 7. The topological polar surface area (TPSA) is 101 Å². The quantitative estimate of drug-likeness (QED) is 0.680. The molecule has 0 spiro atoms. The molecule has 2 aromatic rings. The Hall–Kier alpha value is -3.42. The molecule has 1 aliphatic heterocycles. The molecule has 1 aromatic carbocycles. The van der Waals surface area contributed by atoms with Crippen LogP contribution in [0.25, 0.3) is 0 Å². The van der Waals surface area contributed by atoms with Crippen LogP contribution in [0.4, 0.5) is 11.5 Å². The maximum absolute atomic E-state index is 12.9. The monoisotopic (exact) mass is 410 g/mol. The smallest absolute Gasteiger partial charge is 0.328 e. The molecule has 1 aliphatic rings. The van der Waals surface area contributed by atoms with Gasteiger partial charge in [0, 0.05) is 18.4 Å². The second-order valence-corrected chi connectivity index (χ2v) is 7.03. The van der Waals surface area contributed by atoms with E-state index >= 15 is 0 Å². The molecule has 1 saturated heterocycles. The Kier molecular flexibility index (Phi) is 7.00. The minimum Gasteiger partial charge on any atom is -0.464 e. The number of aromatic nitrogens is 1. The second kappa shape index (κ2) is 9.87. The first-order chi connectivity index (χ1) is 14.5. The SMILES string of the molecule is CCOC(=O)[C@@H]1CCCN1C(=O)[C@H](C)NC(=O)c1cccnc1Nc1ccccc1. The fraction of sp³-hybridized carbons (Fsp3) is 0.364. The predicted octanol–water partition coefficient (Wildman–Crippen LogP) is 2.50. The average Bonchev–Trinajstić information content (AvgIpc) is 3.24. The lowest BCUT2D eigenvalue weighted by Crippen LogP contribution is -2.50. The number of hydrogen-bond donors (Lipinski definition) is 2. The van der Waals surface area contributed by atoms with E-state index < -0.39 is 24.0 Å². The van der Waals surface area contributed by atoms with Gasteiger partial charge in [0.15, 0.2) is 0 Å². The van der Waals surface area contributed by atoms with Gasteiger partial charge in [0.1, 0.15) is 17.9 Å². The van der Waals surface area contributed by atoms with E-state index in [0.717, 1.165) is 12.1 Å². The zero-order valence-electron chi connectivity index (χ0n) is 17.1. The van der Waals surface area contributed by atoms with Crippen molar-refractivity contribution >= 4 is 29.3 Å². The lowest BCUT2D eigenvalue weighted by atomic mass is 10.2. The molecule has 158 valence electrons. The van der Waals surface area contributed by atoms with E-state index in [2.05, 4.69) is 15.6 Å². The molecule has 0 radical (unpaired) electrons. The highest BCUT2D eigenvalue weighted by Crippen LogP contribution is 2.21. The van der Waals surface area contributed by atoms with Gasteiger partial charge in [0.2, 0.25) is 5.91 Å². The maximum Gasteiger partial charge on any atom is 0.328 e. The summed E-state index contributed by atoms with van der Waals surface area (Å²) in [4.78, 5) is 43.6. The van der Waals surface area contributed by atoms with Crippen LogP contribution in [0.1, 0.15) is 37.0 Å². The Bertz CT molecular complexity index is 903. The molecule has 2 atom stereocenters. The fourth-order valence-corrected chi connectivity index (χ4v) is 3.45. The van der Waals surface area contributed by atoms with Gasteiger partial charge < -0.3 is 20.3 Å². The van der Waals surface area contributed by atoms with Crippen molar-refractivity contribution in [2.45, 2.75) is 38.8 Å². The molecule has 0 aliphatic carbocycles. The predicted molar refractivity (Wildman–Crippen MR) is 112 cm³/mol. The number of carbonyl (C=O) groups excluding carboxylic acids is 3. The molecule has 1 aromatic heterocycles. The first kappa shape index (κ1) is 21.3. The third kappa shape index (κ3) is 4.94. The highest BCUT2D eigenvalue weighted by atomic mass is 16.5. The van der Waals surface area contributed by atoms with E-state index in [1.54, 1.807) is 32.2 Å². The van der Waals surface area contributed by atoms with Crippen LogP contribution in [0.3, 0.4) is 0 Å². The zero-order chi connectivity index (χ0) is 21.5. The van der Waals surface area contributed by atoms with Crippen LogP contribution >= 0.6 is 0 Å². The van der Waals surface area contributed by atoms with Crippen molar-refractivity contribution < 1.29 is 19.1 Å². The summed E-state index contributed by atoms with van der Waals surface area (Å²) in [6, 6.07) is 11.3. The van der Waals surface area contributed by atoms with Crippen molar-refractivity contribution in [3.63, 3.8) is 0 Å². The third-order valence-electron chi connectivity index (χ3n) is 4.90. The highest BCUT2D eigenvalue weighted by Gasteiger charge is 2.37. The summed E-state index contributed by atoms with van der Waals surface area (Å²) in [5.74, 6) is -0.732. The van der Waals surface area contributed by atoms with Crippen molar-refractivity contribution in [1.29, 1.82) is 0 Å². The minimum atomic E-state index is -0.794. The Morgan fingerprint density at radius 1 is 1.20 bits per heavy atom. The largest absolute Gasteiger partial charge is 0.464 e. The number of nitrogens with one attached hydrogen (secondary N) is 2. The van der Waals surface area contributed by atoms with Crippen molar-refractivity contribution in [2.75, 3.05) is 18.5 Å². The number of benzene rings is 1. The molecule has 2 amide bonds. The van der Waals surface area contributed by atoms with E-state index in [1.165, 1.54) is 4.90 Å². The van der Waals surface area contributed by atoms with Crippen LogP contribution < -0.4 is 10.6 Å². The van der Waals surface area contributed by atoms with Crippen LogP contribution in [-0.4, -0.2) is 52.9 Å². The Balaban J connectivity index is 1.68. The third-order valence-corrected chi connectivity index (χ3v) is 4.90. The van der Waals surface area contributed by atoms with Gasteiger partial charge >= 0.3 is 5.97 Å². The van der Waals surface area contributed by atoms with Crippen molar-refractivity contribution in [2.24, 2.45) is 0 Å². The Morgan fingerprint density at radius 3 is 2.70 bits per heavy atom. The second-order valence-electron chi connectivity index (χ2n) is 7.03. The molecule has 8 nitrogen and oxygen atoms in total. The minimum absolute atomic E-state index is 0.266. The fourth-order valence-electron chi connectivity index (χ4n) is 3.45. The normalized spacial score (nSPS) is 16.6. The van der Waals surface area contributed by atoms with Gasteiger partial charge in [-0.3, -0.25) is 9.59 Å². The van der Waals surface area contributed by atoms with E-state index in [0.29, 0.717) is 24.3 Å². The Morgan fingerprint density at radius 2 is 1.97 bits per heavy atom. The number of esters is 1. The summed E-state index contributed by atoms with van der Waals surface area (Å²) in [6.45, 7) is 4.08. The number of ether oxygens (including phenoxy) is 1. The van der Waals surface area contributed by atoms with Gasteiger partial charge in [0.25, 0.3) is 5.91 Å². The van der Waals surface area contributed by atoms with Crippen LogP contribution in [0.5, 0.6) is 0 Å². The van der Waals surface area contributed by atoms with Crippen LogP contribution in [0, 0.1) is 0 Å². The van der Waals surface area contributed by atoms with Gasteiger partial charge in [-0.1, -0.05) is 18.2 Å². The van der Waals surface area contributed by atoms with Gasteiger partial charge in [-0.05, 0) is 51.0 Å². The van der Waals surface area contributed by atoms with Crippen molar-refractivity contribution in [3.8, 4) is 0 Å². The Labute approximate surface area is 175 Å². The molecule has 1 fully saturated rings. The van der Waals surface area contributed by atoms with Crippen molar-refractivity contribution in [1.82, 2.24) is 15.2 Å². The van der Waals surface area contributed by atoms with E-state index in [-0.39, 0.29) is 12.5 Å². The number of hydrogen-bond acceptors (Lipinski definition) is 6. The summed E-state index contributed by atoms with van der Waals surface area (Å²) in [7, 11) is 0. The number of para-hydroxylation sites is 1. The van der Waals surface area contributed by atoms with Gasteiger partial charge in [-0.25, -0.2) is 9.78 Å². The molecule has 0 bridgehead atoms. The first-order valence-corrected chi connectivity index (χ1v) is 10.1. The average molecular weight is 410 g/mol. The molecule has 0 saturated carbocycles. The summed E-state index contributed by atoms with van der Waals surface area (Å²) in [5, 5.41) is 5.85. The van der Waals surface area contributed by atoms with Gasteiger partial charge in [-0.2, -0.15) is 0 Å². The highest BCUT2D eigenvalue weighted by molar-refractivity contribution is 6.01. The van der Waals surface area contributed by atoms with Crippen LogP contribution in [-0.2, 0) is 14.3 Å².